The van der Waals surface area contributed by atoms with Crippen LogP contribution in [0.1, 0.15) is 91.9 Å². The smallest absolute Gasteiger partial charge is 0.329 e. The first-order valence-corrected chi connectivity index (χ1v) is 18.9. The fraction of sp³-hybridized carbons (Fsp3) is 0.933. The molecule has 0 radical (unpaired) electrons. The van der Waals surface area contributed by atoms with E-state index in [1.165, 1.54) is 12.8 Å². The maximum absolute atomic E-state index is 12.5. The molecule has 0 aromatic carbocycles. The van der Waals surface area contributed by atoms with E-state index in [4.69, 9.17) is 18.1 Å². The molecule has 0 aliphatic rings. The molecule has 0 bridgehead atoms. The quantitative estimate of drug-likeness (QED) is 0.0419. The van der Waals surface area contributed by atoms with E-state index in [9.17, 15) is 18.9 Å². The lowest BCUT2D eigenvalue weighted by atomic mass is 9.98. The summed E-state index contributed by atoms with van der Waals surface area (Å²) in [6, 6.07) is 0. The van der Waals surface area contributed by atoms with E-state index in [1.807, 2.05) is 21.1 Å². The zero-order chi connectivity index (χ0) is 32.3. The molecule has 10 nitrogen and oxygen atoms in total. The molecule has 0 saturated carbocycles. The second kappa shape index (κ2) is 21.6. The highest BCUT2D eigenvalue weighted by Crippen LogP contribution is 2.46. The Morgan fingerprint density at radius 3 is 1.67 bits per heavy atom. The summed E-state index contributed by atoms with van der Waals surface area (Å²) in [4.78, 5) is 20.0. The van der Waals surface area contributed by atoms with Gasteiger partial charge in [-0.3, -0.25) is 18.1 Å². The van der Waals surface area contributed by atoms with Gasteiger partial charge in [-0.15, -0.1) is 0 Å². The van der Waals surface area contributed by atoms with Gasteiger partial charge in [0.1, 0.15) is 26.3 Å². The third-order valence-corrected chi connectivity index (χ3v) is 8.85. The standard InChI is InChI=1S/C30H64N2O8P2/c1-28(2)26-30(27-29(3)4)40-42(35,36)39-25-22-32(8,9)20-18-16-14-12-10-11-13-15-17-19-23-37-41(33,34)38-24-21-31(5,6)7/h16,18,28-30H,10-15,17,19-27H2,1-9H3/p+2/b18-16+. The molecule has 0 aromatic heterocycles. The minimum Gasteiger partial charge on any atom is -0.329 e. The zero-order valence-corrected chi connectivity index (χ0v) is 30.1. The van der Waals surface area contributed by atoms with Crippen LogP contribution in [0.3, 0.4) is 0 Å². The van der Waals surface area contributed by atoms with Crippen LogP contribution >= 0.6 is 15.6 Å². The molecule has 12 heteroatoms. The van der Waals surface area contributed by atoms with E-state index in [-0.39, 0.29) is 25.9 Å². The minimum absolute atomic E-state index is 0.167. The Morgan fingerprint density at radius 1 is 0.643 bits per heavy atom. The van der Waals surface area contributed by atoms with Gasteiger partial charge in [0.05, 0.1) is 54.5 Å². The fourth-order valence-electron chi connectivity index (χ4n) is 4.32. The molecule has 0 amide bonds. The van der Waals surface area contributed by atoms with Crippen LogP contribution in [0.4, 0.5) is 0 Å². The lowest BCUT2D eigenvalue weighted by molar-refractivity contribution is -0.884. The first-order valence-electron chi connectivity index (χ1n) is 15.9. The number of likely N-dealkylation sites (N-methyl/N-ethyl adjacent to an activating group) is 2. The summed E-state index contributed by atoms with van der Waals surface area (Å²) in [5.41, 5.74) is 0. The normalized spacial score (nSPS) is 16.1. The van der Waals surface area contributed by atoms with Crippen molar-refractivity contribution in [2.24, 2.45) is 11.8 Å². The molecule has 2 N–H and O–H groups in total. The van der Waals surface area contributed by atoms with E-state index in [0.29, 0.717) is 33.9 Å². The third-order valence-electron chi connectivity index (χ3n) is 6.75. The van der Waals surface area contributed by atoms with Gasteiger partial charge in [-0.1, -0.05) is 65.9 Å². The number of rotatable bonds is 27. The lowest BCUT2D eigenvalue weighted by Crippen LogP contribution is -2.42. The number of phosphoric acid groups is 2. The summed E-state index contributed by atoms with van der Waals surface area (Å²) in [6.45, 7) is 11.0. The highest BCUT2D eigenvalue weighted by Gasteiger charge is 2.29. The number of unbranched alkanes of at least 4 members (excludes halogenated alkanes) is 7. The van der Waals surface area contributed by atoms with Crippen LogP contribution in [-0.4, -0.2) is 99.6 Å². The zero-order valence-electron chi connectivity index (χ0n) is 28.3. The van der Waals surface area contributed by atoms with Crippen molar-refractivity contribution in [3.63, 3.8) is 0 Å². The maximum atomic E-state index is 12.5. The number of hydrogen-bond donors (Lipinski definition) is 2. The molecule has 0 aromatic rings. The molecular weight excluding hydrogens is 578 g/mol. The van der Waals surface area contributed by atoms with Gasteiger partial charge in [-0.25, -0.2) is 9.13 Å². The van der Waals surface area contributed by atoms with Gasteiger partial charge in [0.25, 0.3) is 0 Å². The Balaban J connectivity index is 3.94. The first kappa shape index (κ1) is 41.9. The Hall–Kier alpha value is -0.120. The highest BCUT2D eigenvalue weighted by molar-refractivity contribution is 7.47. The Morgan fingerprint density at radius 2 is 1.12 bits per heavy atom. The first-order chi connectivity index (χ1) is 19.3. The predicted octanol–water partition coefficient (Wildman–Crippen LogP) is 7.17. The van der Waals surface area contributed by atoms with Gasteiger partial charge in [0, 0.05) is 0 Å². The van der Waals surface area contributed by atoms with Gasteiger partial charge in [0.15, 0.2) is 0 Å². The molecule has 0 fully saturated rings. The monoisotopic (exact) mass is 644 g/mol. The average molecular weight is 645 g/mol. The predicted molar refractivity (Wildman–Crippen MR) is 172 cm³/mol. The summed E-state index contributed by atoms with van der Waals surface area (Å²) in [5, 5.41) is 0. The van der Waals surface area contributed by atoms with Gasteiger partial charge >= 0.3 is 15.6 Å². The maximum Gasteiger partial charge on any atom is 0.472 e. The van der Waals surface area contributed by atoms with Crippen LogP contribution in [0.25, 0.3) is 0 Å². The van der Waals surface area contributed by atoms with Crippen LogP contribution < -0.4 is 0 Å². The Kier molecular flexibility index (Phi) is 21.5. The van der Waals surface area contributed by atoms with Crippen molar-refractivity contribution >= 4 is 15.6 Å². The van der Waals surface area contributed by atoms with Crippen molar-refractivity contribution in [1.29, 1.82) is 0 Å². The molecule has 252 valence electrons. The van der Waals surface area contributed by atoms with Crippen molar-refractivity contribution < 1.29 is 46.0 Å². The molecule has 2 atom stereocenters. The third kappa shape index (κ3) is 27.4. The highest BCUT2D eigenvalue weighted by atomic mass is 31.2. The Labute approximate surface area is 258 Å². The van der Waals surface area contributed by atoms with Gasteiger partial charge in [0.2, 0.25) is 0 Å². The van der Waals surface area contributed by atoms with E-state index >= 15 is 0 Å². The van der Waals surface area contributed by atoms with Gasteiger partial charge < -0.3 is 18.8 Å². The summed E-state index contributed by atoms with van der Waals surface area (Å²) >= 11 is 0. The van der Waals surface area contributed by atoms with E-state index in [0.717, 1.165) is 57.9 Å². The van der Waals surface area contributed by atoms with E-state index in [2.05, 4.69) is 53.9 Å². The molecule has 0 aliphatic heterocycles. The Bertz CT molecular complexity index is 806. The molecular formula is C30H66N2O8P2+2. The number of phosphoric ester groups is 2. The van der Waals surface area contributed by atoms with Crippen LogP contribution in [-0.2, 0) is 27.2 Å². The van der Waals surface area contributed by atoms with Gasteiger partial charge in [-0.05, 0) is 50.0 Å². The van der Waals surface area contributed by atoms with Crippen LogP contribution in [0.5, 0.6) is 0 Å². The average Bonchev–Trinajstić information content (AvgIpc) is 2.79. The lowest BCUT2D eigenvalue weighted by Gasteiger charge is -2.29. The summed E-state index contributed by atoms with van der Waals surface area (Å²) in [5.74, 6) is 0.764. The van der Waals surface area contributed by atoms with Crippen LogP contribution in [0.15, 0.2) is 12.2 Å². The molecule has 0 aliphatic carbocycles. The number of hydrogen-bond acceptors (Lipinski definition) is 6. The van der Waals surface area contributed by atoms with Crippen molar-refractivity contribution in [2.45, 2.75) is 98.0 Å². The van der Waals surface area contributed by atoms with Crippen molar-refractivity contribution in [3.8, 4) is 0 Å². The van der Waals surface area contributed by atoms with Crippen molar-refractivity contribution in [1.82, 2.24) is 0 Å². The van der Waals surface area contributed by atoms with E-state index < -0.39 is 15.6 Å². The number of allylic oxidation sites excluding steroid dienone is 1. The summed E-state index contributed by atoms with van der Waals surface area (Å²) in [6.07, 6.45) is 14.1. The number of nitrogens with zero attached hydrogens (tertiary/aromatic N) is 2. The molecule has 0 spiro atoms. The second-order valence-corrected chi connectivity index (χ2v) is 16.9. The molecule has 0 rings (SSSR count). The van der Waals surface area contributed by atoms with E-state index in [1.54, 1.807) is 0 Å². The van der Waals surface area contributed by atoms with Crippen molar-refractivity contribution in [3.05, 3.63) is 12.2 Å². The summed E-state index contributed by atoms with van der Waals surface area (Å²) in [7, 11) is 2.14. The van der Waals surface area contributed by atoms with Crippen molar-refractivity contribution in [2.75, 3.05) is 74.7 Å². The van der Waals surface area contributed by atoms with Crippen LogP contribution in [0.2, 0.25) is 0 Å². The van der Waals surface area contributed by atoms with Gasteiger partial charge in [-0.2, -0.15) is 0 Å². The molecule has 2 unspecified atom stereocenters. The second-order valence-electron chi connectivity index (χ2n) is 14.0. The SMILES string of the molecule is CC(C)CC(CC(C)C)OP(=O)(O)OCC[N+](C)(C)C/C=C/CCCCCCCCCOP(=O)(O)OCC[N+](C)(C)C. The summed E-state index contributed by atoms with van der Waals surface area (Å²) < 4.78 is 46.6. The molecule has 42 heavy (non-hydrogen) atoms. The van der Waals surface area contributed by atoms with Crippen LogP contribution in [0, 0.1) is 11.8 Å². The fourth-order valence-corrected chi connectivity index (χ4v) is 5.99. The minimum atomic E-state index is -4.08. The topological polar surface area (TPSA) is 112 Å². The largest absolute Gasteiger partial charge is 0.472 e. The molecule has 0 saturated heterocycles. The molecule has 0 heterocycles. The number of quaternary nitrogens is 2.